The normalized spacial score (nSPS) is 31.0. The van der Waals surface area contributed by atoms with Gasteiger partial charge in [0.05, 0.1) is 10.5 Å². The SMILES string of the molecule is O=S1(=O)C2C=C(c3ccc4c(c3)OC(F)(F)O4)CC1CC2. The van der Waals surface area contributed by atoms with Crippen LogP contribution in [-0.4, -0.2) is 25.2 Å². The molecule has 1 aromatic rings. The Morgan fingerprint density at radius 1 is 1.14 bits per heavy atom. The van der Waals surface area contributed by atoms with E-state index in [9.17, 15) is 17.2 Å². The summed E-state index contributed by atoms with van der Waals surface area (Å²) >= 11 is 0. The molecular weight excluding hydrogens is 302 g/mol. The summed E-state index contributed by atoms with van der Waals surface area (Å²) in [4.78, 5) is 0. The van der Waals surface area contributed by atoms with Crippen molar-refractivity contribution < 1.29 is 26.7 Å². The standard InChI is InChI=1S/C14H12F2O4S/c15-14(16)19-12-4-1-8(7-13(12)20-14)9-5-10-2-3-11(6-9)21(10,17)18/h1,4-5,7,10-11H,2-3,6H2. The molecule has 2 unspecified atom stereocenters. The molecule has 2 bridgehead atoms. The van der Waals surface area contributed by atoms with Crippen LogP contribution in [0.25, 0.3) is 5.57 Å². The monoisotopic (exact) mass is 314 g/mol. The second kappa shape index (κ2) is 3.97. The van der Waals surface area contributed by atoms with Gasteiger partial charge in [-0.05, 0) is 42.5 Å². The molecule has 112 valence electrons. The van der Waals surface area contributed by atoms with Gasteiger partial charge in [0.25, 0.3) is 0 Å². The number of benzene rings is 1. The van der Waals surface area contributed by atoms with Crippen LogP contribution in [0, 0.1) is 0 Å². The molecule has 0 spiro atoms. The molecule has 1 aromatic carbocycles. The molecular formula is C14H12F2O4S. The largest absolute Gasteiger partial charge is 0.586 e. The minimum atomic E-state index is -3.63. The molecule has 1 fully saturated rings. The number of halogens is 2. The third kappa shape index (κ3) is 1.94. The smallest absolute Gasteiger partial charge is 0.395 e. The van der Waals surface area contributed by atoms with Crippen molar-refractivity contribution in [1.82, 2.24) is 0 Å². The highest BCUT2D eigenvalue weighted by atomic mass is 32.2. The van der Waals surface area contributed by atoms with Crippen molar-refractivity contribution in [3.63, 3.8) is 0 Å². The zero-order chi connectivity index (χ0) is 14.8. The number of hydrogen-bond acceptors (Lipinski definition) is 4. The summed E-state index contributed by atoms with van der Waals surface area (Å²) in [5, 5.41) is -0.799. The number of rotatable bonds is 1. The molecule has 3 aliphatic rings. The van der Waals surface area contributed by atoms with Crippen LogP contribution in [0.2, 0.25) is 0 Å². The molecule has 4 rings (SSSR count). The summed E-state index contributed by atoms with van der Waals surface area (Å²) < 4.78 is 58.9. The molecule has 0 amide bonds. The number of allylic oxidation sites excluding steroid dienone is 1. The molecule has 1 saturated heterocycles. The predicted molar refractivity (Wildman–Crippen MR) is 71.0 cm³/mol. The molecule has 3 aliphatic heterocycles. The van der Waals surface area contributed by atoms with Crippen molar-refractivity contribution in [2.24, 2.45) is 0 Å². The van der Waals surface area contributed by atoms with Gasteiger partial charge in [-0.2, -0.15) is 0 Å². The van der Waals surface area contributed by atoms with Crippen molar-refractivity contribution in [3.05, 3.63) is 29.8 Å². The molecule has 0 radical (unpaired) electrons. The maximum absolute atomic E-state index is 13.0. The Labute approximate surface area is 120 Å². The molecule has 0 N–H and O–H groups in total. The van der Waals surface area contributed by atoms with Gasteiger partial charge in [-0.25, -0.2) is 8.42 Å². The van der Waals surface area contributed by atoms with Crippen LogP contribution in [0.1, 0.15) is 24.8 Å². The second-order valence-corrected chi connectivity index (χ2v) is 8.00. The van der Waals surface area contributed by atoms with E-state index in [0.717, 1.165) is 5.57 Å². The first-order chi connectivity index (χ1) is 9.85. The minimum absolute atomic E-state index is 0.00393. The van der Waals surface area contributed by atoms with Crippen LogP contribution in [0.5, 0.6) is 11.5 Å². The lowest BCUT2D eigenvalue weighted by Gasteiger charge is -2.20. The van der Waals surface area contributed by atoms with Gasteiger partial charge in [-0.1, -0.05) is 12.1 Å². The molecule has 0 saturated carbocycles. The third-order valence-corrected chi connectivity index (χ3v) is 6.81. The van der Waals surface area contributed by atoms with Crippen molar-refractivity contribution >= 4 is 15.4 Å². The van der Waals surface area contributed by atoms with Crippen LogP contribution < -0.4 is 9.47 Å². The Balaban J connectivity index is 1.71. The van der Waals surface area contributed by atoms with Crippen molar-refractivity contribution in [2.75, 3.05) is 0 Å². The Morgan fingerprint density at radius 3 is 2.67 bits per heavy atom. The lowest BCUT2D eigenvalue weighted by Crippen LogP contribution is -2.26. The summed E-state index contributed by atoms with van der Waals surface area (Å²) in [7, 11) is -3.05. The van der Waals surface area contributed by atoms with E-state index in [2.05, 4.69) is 9.47 Å². The van der Waals surface area contributed by atoms with E-state index >= 15 is 0 Å². The predicted octanol–water partition coefficient (Wildman–Crippen LogP) is 2.74. The highest BCUT2D eigenvalue weighted by Crippen LogP contribution is 2.45. The molecule has 4 nitrogen and oxygen atoms in total. The maximum atomic E-state index is 13.0. The Bertz CT molecular complexity index is 754. The minimum Gasteiger partial charge on any atom is -0.395 e. The maximum Gasteiger partial charge on any atom is 0.586 e. The van der Waals surface area contributed by atoms with E-state index in [1.54, 1.807) is 12.1 Å². The fourth-order valence-electron chi connectivity index (χ4n) is 3.22. The van der Waals surface area contributed by atoms with Gasteiger partial charge in [-0.15, -0.1) is 8.78 Å². The average molecular weight is 314 g/mol. The highest BCUT2D eigenvalue weighted by Gasteiger charge is 2.45. The Morgan fingerprint density at radius 2 is 1.90 bits per heavy atom. The number of sulfone groups is 1. The summed E-state index contributed by atoms with van der Waals surface area (Å²) in [6.07, 6.45) is -0.164. The van der Waals surface area contributed by atoms with Gasteiger partial charge < -0.3 is 9.47 Å². The summed E-state index contributed by atoms with van der Waals surface area (Å²) in [5.74, 6) is -0.0186. The molecule has 2 atom stereocenters. The number of fused-ring (bicyclic) bond motifs is 3. The summed E-state index contributed by atoms with van der Waals surface area (Å²) in [6, 6.07) is 4.57. The Hall–Kier alpha value is -1.63. The van der Waals surface area contributed by atoms with Crippen molar-refractivity contribution in [1.29, 1.82) is 0 Å². The topological polar surface area (TPSA) is 52.6 Å². The first kappa shape index (κ1) is 13.1. The van der Waals surface area contributed by atoms with Crippen LogP contribution in [-0.2, 0) is 9.84 Å². The molecule has 7 heteroatoms. The molecule has 3 heterocycles. The van der Waals surface area contributed by atoms with Crippen LogP contribution in [0.3, 0.4) is 0 Å². The van der Waals surface area contributed by atoms with E-state index < -0.39 is 21.4 Å². The van der Waals surface area contributed by atoms with Crippen LogP contribution in [0.4, 0.5) is 8.78 Å². The van der Waals surface area contributed by atoms with E-state index in [1.807, 2.05) is 0 Å². The third-order valence-electron chi connectivity index (χ3n) is 4.27. The zero-order valence-corrected chi connectivity index (χ0v) is 11.7. The van der Waals surface area contributed by atoms with Crippen molar-refractivity contribution in [2.45, 2.75) is 36.1 Å². The lowest BCUT2D eigenvalue weighted by atomic mass is 10.0. The van der Waals surface area contributed by atoms with Gasteiger partial charge in [-0.3, -0.25) is 0 Å². The van der Waals surface area contributed by atoms with Gasteiger partial charge in [0.15, 0.2) is 21.3 Å². The first-order valence-electron chi connectivity index (χ1n) is 6.69. The fraction of sp³-hybridized carbons (Fsp3) is 0.429. The first-order valence-corrected chi connectivity index (χ1v) is 8.30. The molecule has 0 aromatic heterocycles. The highest BCUT2D eigenvalue weighted by molar-refractivity contribution is 7.93. The molecule has 0 aliphatic carbocycles. The average Bonchev–Trinajstić information content (AvgIpc) is 2.74. The summed E-state index contributed by atoms with van der Waals surface area (Å²) in [5.41, 5.74) is 1.58. The number of ether oxygens (including phenoxy) is 2. The van der Waals surface area contributed by atoms with E-state index in [-0.39, 0.29) is 16.7 Å². The van der Waals surface area contributed by atoms with Gasteiger partial charge in [0, 0.05) is 0 Å². The van der Waals surface area contributed by atoms with E-state index in [4.69, 9.17) is 0 Å². The summed E-state index contributed by atoms with van der Waals surface area (Å²) in [6.45, 7) is 0. The van der Waals surface area contributed by atoms with Gasteiger partial charge in [0.2, 0.25) is 0 Å². The van der Waals surface area contributed by atoms with E-state index in [0.29, 0.717) is 24.8 Å². The van der Waals surface area contributed by atoms with Crippen LogP contribution in [0.15, 0.2) is 24.3 Å². The second-order valence-electron chi connectivity index (χ2n) is 5.55. The Kier molecular flexibility index (Phi) is 2.47. The van der Waals surface area contributed by atoms with E-state index in [1.165, 1.54) is 12.1 Å². The fourth-order valence-corrected chi connectivity index (χ4v) is 5.41. The number of hydrogen-bond donors (Lipinski definition) is 0. The number of alkyl halides is 2. The van der Waals surface area contributed by atoms with Crippen molar-refractivity contribution in [3.8, 4) is 11.5 Å². The van der Waals surface area contributed by atoms with Gasteiger partial charge in [0.1, 0.15) is 0 Å². The van der Waals surface area contributed by atoms with Gasteiger partial charge >= 0.3 is 6.29 Å². The van der Waals surface area contributed by atoms with Crippen LogP contribution >= 0.6 is 0 Å². The quantitative estimate of drug-likeness (QED) is 0.800. The lowest BCUT2D eigenvalue weighted by molar-refractivity contribution is -0.286. The molecule has 21 heavy (non-hydrogen) atoms. The zero-order valence-electron chi connectivity index (χ0n) is 10.9.